The van der Waals surface area contributed by atoms with Gasteiger partial charge in [0.05, 0.1) is 28.6 Å². The number of benzene rings is 1. The van der Waals surface area contributed by atoms with Crippen molar-refractivity contribution in [3.63, 3.8) is 0 Å². The molecule has 1 aromatic carbocycles. The fourth-order valence-electron chi connectivity index (χ4n) is 3.56. The summed E-state index contributed by atoms with van der Waals surface area (Å²) in [6.07, 6.45) is 3.69. The molecule has 1 saturated carbocycles. The van der Waals surface area contributed by atoms with Crippen LogP contribution in [0.25, 0.3) is 0 Å². The highest BCUT2D eigenvalue weighted by molar-refractivity contribution is 7.91. The van der Waals surface area contributed by atoms with Gasteiger partial charge in [-0.25, -0.2) is 21.5 Å². The lowest BCUT2D eigenvalue weighted by Crippen LogP contribution is -2.18. The summed E-state index contributed by atoms with van der Waals surface area (Å²) in [5.74, 6) is -1.43. The molecule has 2 N–H and O–H groups in total. The van der Waals surface area contributed by atoms with Crippen molar-refractivity contribution < 1.29 is 31.5 Å². The Balaban J connectivity index is 2.26. The van der Waals surface area contributed by atoms with E-state index in [2.05, 4.69) is 10.4 Å². The molecule has 0 unspecified atom stereocenters. The quantitative estimate of drug-likeness (QED) is 0.375. The molecule has 10 nitrogen and oxygen atoms in total. The highest BCUT2D eigenvalue weighted by Gasteiger charge is 2.36. The van der Waals surface area contributed by atoms with Crippen molar-refractivity contribution in [1.29, 1.82) is 0 Å². The monoisotopic (exact) mass is 485 g/mol. The van der Waals surface area contributed by atoms with E-state index in [1.807, 2.05) is 0 Å². The third-order valence-electron chi connectivity index (χ3n) is 5.17. The molecular formula is C20H27N3O7S2. The van der Waals surface area contributed by atoms with Crippen molar-refractivity contribution in [2.45, 2.75) is 29.4 Å². The molecule has 0 bridgehead atoms. The van der Waals surface area contributed by atoms with Crippen LogP contribution >= 0.6 is 0 Å². The van der Waals surface area contributed by atoms with Gasteiger partial charge in [-0.3, -0.25) is 4.79 Å². The van der Waals surface area contributed by atoms with Gasteiger partial charge >= 0.3 is 0 Å². The minimum absolute atomic E-state index is 0.00654. The highest BCUT2D eigenvalue weighted by Crippen LogP contribution is 2.44. The fourth-order valence-corrected chi connectivity index (χ4v) is 5.27. The number of ketones is 1. The van der Waals surface area contributed by atoms with E-state index in [9.17, 15) is 26.7 Å². The molecular weight excluding hydrogens is 458 g/mol. The number of rotatable bonds is 10. The fraction of sp³-hybridized carbons (Fsp3) is 0.500. The van der Waals surface area contributed by atoms with Gasteiger partial charge in [-0.05, 0) is 25.0 Å². The lowest BCUT2D eigenvalue weighted by molar-refractivity contribution is 0.103. The number of aromatic nitrogens is 2. The lowest BCUT2D eigenvalue weighted by Gasteiger charge is -2.19. The number of aromatic hydroxyl groups is 1. The molecule has 1 aliphatic rings. The zero-order chi connectivity index (χ0) is 23.8. The van der Waals surface area contributed by atoms with Crippen LogP contribution in [-0.4, -0.2) is 70.3 Å². The number of hydrogen-bond donors (Lipinski definition) is 2. The lowest BCUT2D eigenvalue weighted by atomic mass is 9.96. The maximum atomic E-state index is 13.6. The van der Waals surface area contributed by atoms with Crippen molar-refractivity contribution in [2.75, 3.05) is 38.1 Å². The van der Waals surface area contributed by atoms with Crippen molar-refractivity contribution >= 4 is 31.1 Å². The predicted octanol–water partition coefficient (Wildman–Crippen LogP) is 1.24. The molecule has 1 heterocycles. The van der Waals surface area contributed by atoms with Crippen molar-refractivity contribution in [3.8, 4) is 5.88 Å². The van der Waals surface area contributed by atoms with Gasteiger partial charge in [-0.15, -0.1) is 0 Å². The van der Waals surface area contributed by atoms with Gasteiger partial charge in [0.15, 0.2) is 19.7 Å². The Morgan fingerprint density at radius 3 is 2.44 bits per heavy atom. The average Bonchev–Trinajstić information content (AvgIpc) is 3.46. The van der Waals surface area contributed by atoms with E-state index in [1.54, 1.807) is 0 Å². The first kappa shape index (κ1) is 24.2. The average molecular weight is 486 g/mol. The van der Waals surface area contributed by atoms with Crippen LogP contribution in [0, 0.1) is 0 Å². The van der Waals surface area contributed by atoms with Gasteiger partial charge in [0.2, 0.25) is 11.7 Å². The van der Waals surface area contributed by atoms with E-state index in [-0.39, 0.29) is 52.2 Å². The maximum Gasteiger partial charge on any atom is 0.220 e. The van der Waals surface area contributed by atoms with Crippen LogP contribution in [0.2, 0.25) is 0 Å². The molecule has 0 amide bonds. The number of hydrogen-bond acceptors (Lipinski definition) is 9. The van der Waals surface area contributed by atoms with Crippen LogP contribution in [0.15, 0.2) is 17.0 Å². The van der Waals surface area contributed by atoms with Crippen LogP contribution in [0.1, 0.15) is 45.9 Å². The summed E-state index contributed by atoms with van der Waals surface area (Å²) < 4.78 is 55.5. The van der Waals surface area contributed by atoms with E-state index >= 15 is 0 Å². The largest absolute Gasteiger partial charge is 0.493 e. The standard InChI is InChI=1S/C20H27N3O7S2/c1-23-20(25)16(17(22-23)12-5-6-12)19(24)13-7-8-15(32(4,28)29)18(21-9-10-30-2)14(13)11-31(3,26)27/h7-8,12,21,25H,5-6,9-11H2,1-4H3. The summed E-state index contributed by atoms with van der Waals surface area (Å²) >= 11 is 0. The molecule has 2 aromatic rings. The minimum Gasteiger partial charge on any atom is -0.493 e. The molecule has 176 valence electrons. The van der Waals surface area contributed by atoms with Gasteiger partial charge in [0, 0.05) is 50.3 Å². The number of anilines is 1. The van der Waals surface area contributed by atoms with E-state index in [4.69, 9.17) is 4.74 Å². The number of nitrogens with one attached hydrogen (secondary N) is 1. The summed E-state index contributed by atoms with van der Waals surface area (Å²) in [5, 5.41) is 17.7. The maximum absolute atomic E-state index is 13.6. The SMILES string of the molecule is COCCNc1c(S(C)(=O)=O)ccc(C(=O)c2c(C3CC3)nn(C)c2O)c1CS(C)(=O)=O. The highest BCUT2D eigenvalue weighted by atomic mass is 32.2. The summed E-state index contributed by atoms with van der Waals surface area (Å²) in [4.78, 5) is 13.4. The Labute approximate surface area is 187 Å². The Morgan fingerprint density at radius 2 is 1.91 bits per heavy atom. The summed E-state index contributed by atoms with van der Waals surface area (Å²) in [7, 11) is -4.41. The molecule has 1 aromatic heterocycles. The van der Waals surface area contributed by atoms with Crippen LogP contribution in [-0.2, 0) is 37.2 Å². The van der Waals surface area contributed by atoms with Gasteiger partial charge in [0.1, 0.15) is 5.56 Å². The van der Waals surface area contributed by atoms with Crippen molar-refractivity contribution in [2.24, 2.45) is 7.05 Å². The smallest absolute Gasteiger partial charge is 0.220 e. The molecule has 12 heteroatoms. The zero-order valence-electron chi connectivity index (χ0n) is 18.4. The number of ether oxygens (including phenoxy) is 1. The molecule has 32 heavy (non-hydrogen) atoms. The van der Waals surface area contributed by atoms with Gasteiger partial charge in [-0.2, -0.15) is 5.10 Å². The Kier molecular flexibility index (Phi) is 6.68. The second-order valence-electron chi connectivity index (χ2n) is 8.04. The van der Waals surface area contributed by atoms with Gasteiger partial charge in [0.25, 0.3) is 0 Å². The first-order valence-corrected chi connectivity index (χ1v) is 13.9. The van der Waals surface area contributed by atoms with Crippen LogP contribution in [0.4, 0.5) is 5.69 Å². The van der Waals surface area contributed by atoms with Crippen LogP contribution in [0.5, 0.6) is 5.88 Å². The summed E-state index contributed by atoms with van der Waals surface area (Å²) in [6.45, 7) is 0.424. The Morgan fingerprint density at radius 1 is 1.25 bits per heavy atom. The van der Waals surface area contributed by atoms with E-state index in [1.165, 1.54) is 31.0 Å². The summed E-state index contributed by atoms with van der Waals surface area (Å²) in [5.41, 5.74) is 0.535. The van der Waals surface area contributed by atoms with E-state index < -0.39 is 31.2 Å². The van der Waals surface area contributed by atoms with Crippen molar-refractivity contribution in [1.82, 2.24) is 9.78 Å². The number of aryl methyl sites for hydroxylation is 1. The van der Waals surface area contributed by atoms with Crippen LogP contribution < -0.4 is 5.32 Å². The third kappa shape index (κ3) is 5.13. The van der Waals surface area contributed by atoms with Gasteiger partial charge in [-0.1, -0.05) is 0 Å². The normalized spacial score (nSPS) is 14.5. The Bertz CT molecular complexity index is 1260. The first-order valence-electron chi connectivity index (χ1n) is 9.92. The number of methoxy groups -OCH3 is 1. The zero-order valence-corrected chi connectivity index (χ0v) is 20.0. The molecule has 0 aliphatic heterocycles. The molecule has 1 aliphatic carbocycles. The van der Waals surface area contributed by atoms with E-state index in [0.29, 0.717) is 5.69 Å². The molecule has 0 radical (unpaired) electrons. The summed E-state index contributed by atoms with van der Waals surface area (Å²) in [6, 6.07) is 2.57. The molecule has 0 saturated heterocycles. The number of carbonyl (C=O) groups excluding carboxylic acids is 1. The molecule has 1 fully saturated rings. The first-order chi connectivity index (χ1) is 14.8. The topological polar surface area (TPSA) is 145 Å². The second-order valence-corrected chi connectivity index (χ2v) is 12.2. The molecule has 0 spiro atoms. The third-order valence-corrected chi connectivity index (χ3v) is 7.12. The minimum atomic E-state index is -3.75. The molecule has 0 atom stereocenters. The van der Waals surface area contributed by atoms with Crippen molar-refractivity contribution in [3.05, 3.63) is 34.5 Å². The van der Waals surface area contributed by atoms with E-state index in [0.717, 1.165) is 25.4 Å². The number of carbonyl (C=O) groups is 1. The predicted molar refractivity (Wildman–Crippen MR) is 119 cm³/mol. The molecule has 3 rings (SSSR count). The number of nitrogens with zero attached hydrogens (tertiary/aromatic N) is 2. The Hall–Kier alpha value is -2.44. The van der Waals surface area contributed by atoms with Gasteiger partial charge < -0.3 is 15.2 Å². The number of sulfone groups is 2. The van der Waals surface area contributed by atoms with Crippen LogP contribution in [0.3, 0.4) is 0 Å². The second kappa shape index (κ2) is 8.83.